The van der Waals surface area contributed by atoms with Gasteiger partial charge in [-0.1, -0.05) is 96.3 Å². The minimum atomic E-state index is -0.0139. The second kappa shape index (κ2) is 8.11. The zero-order valence-electron chi connectivity index (χ0n) is 18.0. The molecule has 0 saturated heterocycles. The summed E-state index contributed by atoms with van der Waals surface area (Å²) in [5.41, 5.74) is 3.96. The lowest BCUT2D eigenvalue weighted by Gasteiger charge is -2.38. The lowest BCUT2D eigenvalue weighted by atomic mass is 9.66. The molecule has 1 atom stereocenters. The molecule has 1 aliphatic rings. The van der Waals surface area contributed by atoms with E-state index in [1.165, 1.54) is 11.1 Å². The minimum Gasteiger partial charge on any atom is -0.294 e. The van der Waals surface area contributed by atoms with Crippen molar-refractivity contribution in [3.63, 3.8) is 0 Å². The normalized spacial score (nSPS) is 19.4. The molecule has 0 amide bonds. The molecule has 1 unspecified atom stereocenters. The quantitative estimate of drug-likeness (QED) is 0.327. The van der Waals surface area contributed by atoms with Gasteiger partial charge in [-0.2, -0.15) is 0 Å². The Morgan fingerprint density at radius 1 is 0.920 bits per heavy atom. The number of halogens is 1. The highest BCUT2D eigenvalue weighted by Gasteiger charge is 2.43. The van der Waals surface area contributed by atoms with Gasteiger partial charge in [0.2, 0.25) is 0 Å². The molecular formula is C23H39BrO. The SMILES string of the molecule is CC(C)(C)C1=C(C(C)(C)C)C(C(C)(C)C)C=C1C(=O)CCCCCBr. The number of rotatable bonds is 6. The highest BCUT2D eigenvalue weighted by molar-refractivity contribution is 9.09. The Kier molecular flexibility index (Phi) is 7.35. The lowest BCUT2D eigenvalue weighted by Crippen LogP contribution is -2.28. The fraction of sp³-hybridized carbons (Fsp3) is 0.783. The van der Waals surface area contributed by atoms with Crippen LogP contribution in [0.15, 0.2) is 22.8 Å². The Labute approximate surface area is 164 Å². The second-order valence-corrected chi connectivity index (χ2v) is 11.4. The van der Waals surface area contributed by atoms with Crippen molar-refractivity contribution in [2.24, 2.45) is 22.2 Å². The number of alkyl halides is 1. The third-order valence-corrected chi connectivity index (χ3v) is 5.57. The standard InChI is InChI=1S/C23H39BrO/c1-21(2,3)17-15-16(18(25)13-11-10-12-14-24)19(22(4,5)6)20(17)23(7,8)9/h15,17H,10-14H2,1-9H3. The van der Waals surface area contributed by atoms with Crippen molar-refractivity contribution < 1.29 is 4.79 Å². The number of carbonyl (C=O) groups is 1. The molecule has 0 fully saturated rings. The van der Waals surface area contributed by atoms with E-state index < -0.39 is 0 Å². The maximum atomic E-state index is 13.1. The summed E-state index contributed by atoms with van der Waals surface area (Å²) in [6.07, 6.45) is 6.23. The van der Waals surface area contributed by atoms with Gasteiger partial charge in [0.05, 0.1) is 0 Å². The van der Waals surface area contributed by atoms with Crippen LogP contribution < -0.4 is 0 Å². The molecule has 25 heavy (non-hydrogen) atoms. The fourth-order valence-corrected chi connectivity index (χ4v) is 4.29. The van der Waals surface area contributed by atoms with Crippen molar-refractivity contribution >= 4 is 21.7 Å². The summed E-state index contributed by atoms with van der Waals surface area (Å²) in [7, 11) is 0. The van der Waals surface area contributed by atoms with E-state index in [1.54, 1.807) is 0 Å². The van der Waals surface area contributed by atoms with Crippen molar-refractivity contribution in [3.8, 4) is 0 Å². The summed E-state index contributed by atoms with van der Waals surface area (Å²) < 4.78 is 0. The smallest absolute Gasteiger partial charge is 0.162 e. The van der Waals surface area contributed by atoms with Gasteiger partial charge in [-0.05, 0) is 34.7 Å². The van der Waals surface area contributed by atoms with Crippen LogP contribution in [0.1, 0.15) is 88.0 Å². The summed E-state index contributed by atoms with van der Waals surface area (Å²) in [5, 5.41) is 1.03. The number of unbranched alkanes of at least 4 members (excludes halogenated alkanes) is 2. The van der Waals surface area contributed by atoms with Gasteiger partial charge in [0.1, 0.15) is 0 Å². The summed E-state index contributed by atoms with van der Waals surface area (Å²) in [5.74, 6) is 0.677. The first kappa shape index (κ1) is 22.7. The topological polar surface area (TPSA) is 17.1 Å². The Hall–Kier alpha value is -0.370. The molecule has 0 aromatic carbocycles. The summed E-state index contributed by atoms with van der Waals surface area (Å²) in [4.78, 5) is 13.1. The molecule has 0 saturated carbocycles. The van der Waals surface area contributed by atoms with Crippen molar-refractivity contribution in [2.75, 3.05) is 5.33 Å². The molecule has 144 valence electrons. The summed E-state index contributed by atoms with van der Waals surface area (Å²) >= 11 is 3.47. The van der Waals surface area contributed by atoms with Crippen LogP contribution in [-0.4, -0.2) is 11.1 Å². The third-order valence-electron chi connectivity index (χ3n) is 5.01. The predicted octanol–water partition coefficient (Wildman–Crippen LogP) is 7.50. The Balaban J connectivity index is 3.34. The van der Waals surface area contributed by atoms with Crippen molar-refractivity contribution in [1.82, 2.24) is 0 Å². The third kappa shape index (κ3) is 5.81. The molecule has 0 aromatic heterocycles. The van der Waals surface area contributed by atoms with Gasteiger partial charge in [0.15, 0.2) is 5.78 Å². The Morgan fingerprint density at radius 3 is 1.88 bits per heavy atom. The molecule has 1 rings (SSSR count). The Bertz CT molecular complexity index is 544. The van der Waals surface area contributed by atoms with Crippen LogP contribution in [0.5, 0.6) is 0 Å². The van der Waals surface area contributed by atoms with Crippen LogP contribution in [-0.2, 0) is 4.79 Å². The Morgan fingerprint density at radius 2 is 1.48 bits per heavy atom. The minimum absolute atomic E-state index is 0.0139. The second-order valence-electron chi connectivity index (χ2n) is 10.6. The van der Waals surface area contributed by atoms with E-state index in [0.29, 0.717) is 18.1 Å². The molecule has 1 aliphatic carbocycles. The molecule has 0 spiro atoms. The largest absolute Gasteiger partial charge is 0.294 e. The van der Waals surface area contributed by atoms with E-state index in [9.17, 15) is 4.79 Å². The fourth-order valence-electron chi connectivity index (χ4n) is 3.89. The zero-order chi connectivity index (χ0) is 19.6. The maximum Gasteiger partial charge on any atom is 0.162 e. The average Bonchev–Trinajstić information content (AvgIpc) is 2.84. The van der Waals surface area contributed by atoms with Gasteiger partial charge < -0.3 is 0 Å². The molecule has 2 heteroatoms. The monoisotopic (exact) mass is 410 g/mol. The number of Topliss-reactive ketones (excluding diaryl/α,β-unsaturated/α-hetero) is 1. The number of ketones is 1. The van der Waals surface area contributed by atoms with Gasteiger partial charge in [-0.25, -0.2) is 0 Å². The summed E-state index contributed by atoms with van der Waals surface area (Å²) in [6.45, 7) is 20.5. The van der Waals surface area contributed by atoms with E-state index in [0.717, 1.165) is 30.2 Å². The molecule has 0 aliphatic heterocycles. The van der Waals surface area contributed by atoms with Crippen molar-refractivity contribution in [3.05, 3.63) is 22.8 Å². The predicted molar refractivity (Wildman–Crippen MR) is 114 cm³/mol. The zero-order valence-corrected chi connectivity index (χ0v) is 19.6. The molecule has 1 nitrogen and oxygen atoms in total. The van der Waals surface area contributed by atoms with E-state index in [2.05, 4.69) is 84.3 Å². The van der Waals surface area contributed by atoms with Crippen LogP contribution in [0, 0.1) is 22.2 Å². The van der Waals surface area contributed by atoms with E-state index in [-0.39, 0.29) is 16.2 Å². The molecule has 0 N–H and O–H groups in total. The van der Waals surface area contributed by atoms with Crippen LogP contribution in [0.4, 0.5) is 0 Å². The number of hydrogen-bond acceptors (Lipinski definition) is 1. The van der Waals surface area contributed by atoms with Gasteiger partial charge in [0, 0.05) is 23.2 Å². The van der Waals surface area contributed by atoms with E-state index >= 15 is 0 Å². The molecule has 0 heterocycles. The molecule has 0 radical (unpaired) electrons. The summed E-state index contributed by atoms with van der Waals surface area (Å²) in [6, 6.07) is 0. The molecule has 0 aromatic rings. The van der Waals surface area contributed by atoms with Crippen LogP contribution in [0.3, 0.4) is 0 Å². The maximum absolute atomic E-state index is 13.1. The number of hydrogen-bond donors (Lipinski definition) is 0. The van der Waals surface area contributed by atoms with Crippen molar-refractivity contribution in [1.29, 1.82) is 0 Å². The number of carbonyl (C=O) groups excluding carboxylic acids is 1. The van der Waals surface area contributed by atoms with E-state index in [4.69, 9.17) is 0 Å². The van der Waals surface area contributed by atoms with Crippen LogP contribution in [0.2, 0.25) is 0 Å². The average molecular weight is 411 g/mol. The van der Waals surface area contributed by atoms with Gasteiger partial charge in [-0.15, -0.1) is 0 Å². The highest BCUT2D eigenvalue weighted by Crippen LogP contribution is 2.53. The van der Waals surface area contributed by atoms with E-state index in [1.807, 2.05) is 0 Å². The first-order valence-corrected chi connectivity index (χ1v) is 10.9. The number of allylic oxidation sites excluding steroid dienone is 4. The van der Waals surface area contributed by atoms with Gasteiger partial charge in [0.25, 0.3) is 0 Å². The lowest BCUT2D eigenvalue weighted by molar-refractivity contribution is -0.115. The van der Waals surface area contributed by atoms with Gasteiger partial charge >= 0.3 is 0 Å². The first-order valence-electron chi connectivity index (χ1n) is 9.77. The molecule has 0 bridgehead atoms. The first-order chi connectivity index (χ1) is 11.2. The van der Waals surface area contributed by atoms with Crippen LogP contribution >= 0.6 is 15.9 Å². The highest BCUT2D eigenvalue weighted by atomic mass is 79.9. The van der Waals surface area contributed by atoms with Gasteiger partial charge in [-0.3, -0.25) is 4.79 Å². The molecular weight excluding hydrogens is 372 g/mol. The van der Waals surface area contributed by atoms with Crippen LogP contribution in [0.25, 0.3) is 0 Å². The van der Waals surface area contributed by atoms with Crippen molar-refractivity contribution in [2.45, 2.75) is 88.0 Å².